The summed E-state index contributed by atoms with van der Waals surface area (Å²) < 4.78 is 11.3. The average Bonchev–Trinajstić information content (AvgIpc) is 2.53. The molecule has 2 nitrogen and oxygen atoms in total. The van der Waals surface area contributed by atoms with Crippen LogP contribution in [0.3, 0.4) is 0 Å². The van der Waals surface area contributed by atoms with Crippen LogP contribution in [0.1, 0.15) is 11.3 Å². The maximum atomic E-state index is 5.86. The highest BCUT2D eigenvalue weighted by molar-refractivity contribution is 5.84. The molecule has 0 radical (unpaired) electrons. The van der Waals surface area contributed by atoms with Crippen molar-refractivity contribution in [2.24, 2.45) is 0 Å². The number of ether oxygens (including phenoxy) is 1. The zero-order chi connectivity index (χ0) is 13.8. The molecular formula is C18H15O2+. The fourth-order valence-electron chi connectivity index (χ4n) is 2.12. The van der Waals surface area contributed by atoms with Crippen LogP contribution < -0.4 is 4.74 Å². The first-order valence-corrected chi connectivity index (χ1v) is 6.50. The Kier molecular flexibility index (Phi) is 3.46. The standard InChI is InChI=1S/C18H15O2/c1-19-18-13-15(12-11-14-7-3-2-4-8-14)20-17-10-6-5-9-16(17)18/h2-13H,1H3/q+1. The highest BCUT2D eigenvalue weighted by atomic mass is 16.5. The number of benzene rings is 2. The van der Waals surface area contributed by atoms with Gasteiger partial charge < -0.3 is 4.74 Å². The highest BCUT2D eigenvalue weighted by Gasteiger charge is 2.14. The van der Waals surface area contributed by atoms with Crippen LogP contribution in [0.2, 0.25) is 0 Å². The van der Waals surface area contributed by atoms with Crippen LogP contribution in [0.15, 0.2) is 65.1 Å². The number of hydrogen-bond acceptors (Lipinski definition) is 1. The Hall–Kier alpha value is -2.61. The van der Waals surface area contributed by atoms with Crippen molar-refractivity contribution in [2.75, 3.05) is 7.11 Å². The van der Waals surface area contributed by atoms with E-state index in [-0.39, 0.29) is 0 Å². The number of hydrogen-bond donors (Lipinski definition) is 0. The van der Waals surface area contributed by atoms with Gasteiger partial charge >= 0.3 is 11.3 Å². The van der Waals surface area contributed by atoms with Crippen LogP contribution in [0, 0.1) is 0 Å². The quantitative estimate of drug-likeness (QED) is 0.627. The Labute approximate surface area is 117 Å². The molecule has 1 heterocycles. The summed E-state index contributed by atoms with van der Waals surface area (Å²) in [6.45, 7) is 0. The Morgan fingerprint density at radius 2 is 1.65 bits per heavy atom. The van der Waals surface area contributed by atoms with E-state index in [0.717, 1.165) is 28.0 Å². The van der Waals surface area contributed by atoms with Gasteiger partial charge in [0.1, 0.15) is 11.1 Å². The minimum atomic E-state index is 0.768. The van der Waals surface area contributed by atoms with Crippen LogP contribution in [0.4, 0.5) is 0 Å². The second-order valence-corrected chi connectivity index (χ2v) is 4.46. The number of fused-ring (bicyclic) bond motifs is 1. The zero-order valence-corrected chi connectivity index (χ0v) is 11.2. The van der Waals surface area contributed by atoms with Gasteiger partial charge in [-0.1, -0.05) is 42.5 Å². The van der Waals surface area contributed by atoms with Gasteiger partial charge in [-0.25, -0.2) is 4.42 Å². The van der Waals surface area contributed by atoms with Crippen LogP contribution in [-0.4, -0.2) is 7.11 Å². The van der Waals surface area contributed by atoms with Gasteiger partial charge in [0.05, 0.1) is 13.2 Å². The molecule has 0 fully saturated rings. The summed E-state index contributed by atoms with van der Waals surface area (Å²) in [6.07, 6.45) is 3.97. The van der Waals surface area contributed by atoms with E-state index in [4.69, 9.17) is 9.15 Å². The summed E-state index contributed by atoms with van der Waals surface area (Å²) in [6, 6.07) is 19.9. The summed E-state index contributed by atoms with van der Waals surface area (Å²) in [4.78, 5) is 0. The first kappa shape index (κ1) is 12.4. The molecule has 0 N–H and O–H groups in total. The molecule has 0 unspecified atom stereocenters. The van der Waals surface area contributed by atoms with Crippen LogP contribution in [-0.2, 0) is 0 Å². The average molecular weight is 263 g/mol. The van der Waals surface area contributed by atoms with Gasteiger partial charge in [0.15, 0.2) is 0 Å². The zero-order valence-electron chi connectivity index (χ0n) is 11.2. The molecule has 98 valence electrons. The smallest absolute Gasteiger partial charge is 0.364 e. The lowest BCUT2D eigenvalue weighted by Gasteiger charge is -1.99. The van der Waals surface area contributed by atoms with Crippen molar-refractivity contribution in [1.82, 2.24) is 0 Å². The van der Waals surface area contributed by atoms with Crippen molar-refractivity contribution in [1.29, 1.82) is 0 Å². The van der Waals surface area contributed by atoms with E-state index in [0.29, 0.717) is 0 Å². The summed E-state index contributed by atoms with van der Waals surface area (Å²) >= 11 is 0. The summed E-state index contributed by atoms with van der Waals surface area (Å²) in [5.74, 6) is 1.59. The molecule has 0 atom stereocenters. The summed E-state index contributed by atoms with van der Waals surface area (Å²) in [5, 5.41) is 0.979. The fraction of sp³-hybridized carbons (Fsp3) is 0.0556. The van der Waals surface area contributed by atoms with E-state index in [1.165, 1.54) is 0 Å². The van der Waals surface area contributed by atoms with E-state index in [9.17, 15) is 0 Å². The lowest BCUT2D eigenvalue weighted by Crippen LogP contribution is -1.86. The molecule has 1 aromatic heterocycles. The first-order chi connectivity index (χ1) is 9.86. The molecule has 0 amide bonds. The monoisotopic (exact) mass is 263 g/mol. The third-order valence-electron chi connectivity index (χ3n) is 3.11. The third kappa shape index (κ3) is 2.54. The molecule has 0 spiro atoms. The van der Waals surface area contributed by atoms with Crippen molar-refractivity contribution in [3.05, 3.63) is 72.0 Å². The number of para-hydroxylation sites is 1. The third-order valence-corrected chi connectivity index (χ3v) is 3.11. The number of rotatable bonds is 3. The van der Waals surface area contributed by atoms with Gasteiger partial charge in [-0.15, -0.1) is 0 Å². The van der Waals surface area contributed by atoms with E-state index >= 15 is 0 Å². The molecule has 0 aliphatic rings. The van der Waals surface area contributed by atoms with Gasteiger partial charge in [0.25, 0.3) is 0 Å². The topological polar surface area (TPSA) is 20.5 Å². The molecule has 0 aliphatic carbocycles. The SMILES string of the molecule is COc1cc(C=Cc2ccccc2)[o+]c2ccccc12. The van der Waals surface area contributed by atoms with Gasteiger partial charge in [0, 0.05) is 12.1 Å². The van der Waals surface area contributed by atoms with E-state index < -0.39 is 0 Å². The second-order valence-electron chi connectivity index (χ2n) is 4.46. The van der Waals surface area contributed by atoms with Gasteiger partial charge in [-0.3, -0.25) is 0 Å². The molecule has 0 bridgehead atoms. The largest absolute Gasteiger partial charge is 0.495 e. The van der Waals surface area contributed by atoms with E-state index in [2.05, 4.69) is 12.1 Å². The lowest BCUT2D eigenvalue weighted by molar-refractivity contribution is 0.415. The molecule has 3 rings (SSSR count). The van der Waals surface area contributed by atoms with Crippen LogP contribution in [0.5, 0.6) is 5.75 Å². The molecular weight excluding hydrogens is 248 g/mol. The maximum Gasteiger partial charge on any atom is 0.364 e. The van der Waals surface area contributed by atoms with Crippen molar-refractivity contribution in [2.45, 2.75) is 0 Å². The highest BCUT2D eigenvalue weighted by Crippen LogP contribution is 2.28. The van der Waals surface area contributed by atoms with Gasteiger partial charge in [-0.05, 0) is 17.7 Å². The Morgan fingerprint density at radius 1 is 0.900 bits per heavy atom. The normalized spacial score (nSPS) is 11.1. The molecule has 3 aromatic rings. The predicted molar refractivity (Wildman–Crippen MR) is 82.5 cm³/mol. The summed E-state index contributed by atoms with van der Waals surface area (Å²) in [7, 11) is 1.67. The number of methoxy groups -OCH3 is 1. The van der Waals surface area contributed by atoms with Crippen LogP contribution >= 0.6 is 0 Å². The Bertz CT molecular complexity index is 746. The second kappa shape index (κ2) is 5.57. The lowest BCUT2D eigenvalue weighted by atomic mass is 10.2. The molecule has 20 heavy (non-hydrogen) atoms. The minimum Gasteiger partial charge on any atom is -0.495 e. The van der Waals surface area contributed by atoms with Crippen LogP contribution in [0.25, 0.3) is 23.1 Å². The van der Waals surface area contributed by atoms with E-state index in [1.807, 2.05) is 60.7 Å². The molecule has 2 heteroatoms. The minimum absolute atomic E-state index is 0.768. The fourth-order valence-corrected chi connectivity index (χ4v) is 2.12. The van der Waals surface area contributed by atoms with Crippen molar-refractivity contribution >= 4 is 23.1 Å². The van der Waals surface area contributed by atoms with Gasteiger partial charge in [0.2, 0.25) is 0 Å². The predicted octanol–water partition coefficient (Wildman–Crippen LogP) is 4.89. The van der Waals surface area contributed by atoms with Crippen molar-refractivity contribution in [3.8, 4) is 5.75 Å². The van der Waals surface area contributed by atoms with E-state index in [1.54, 1.807) is 7.11 Å². The first-order valence-electron chi connectivity index (χ1n) is 6.50. The molecule has 2 aromatic carbocycles. The molecule has 0 saturated carbocycles. The van der Waals surface area contributed by atoms with Crippen molar-refractivity contribution in [3.63, 3.8) is 0 Å². The Morgan fingerprint density at radius 3 is 2.45 bits per heavy atom. The van der Waals surface area contributed by atoms with Crippen molar-refractivity contribution < 1.29 is 9.15 Å². The Balaban J connectivity index is 2.02. The molecule has 0 saturated heterocycles. The maximum absolute atomic E-state index is 5.86. The molecule has 0 aliphatic heterocycles. The van der Waals surface area contributed by atoms with Gasteiger partial charge in [-0.2, -0.15) is 0 Å². The summed E-state index contributed by atoms with van der Waals surface area (Å²) in [5.41, 5.74) is 1.95.